The van der Waals surface area contributed by atoms with Gasteiger partial charge in [-0.15, -0.1) is 15.3 Å². The molecular formula is C24H31FN6OS. The second-order valence-corrected chi connectivity index (χ2v) is 8.83. The van der Waals surface area contributed by atoms with Gasteiger partial charge in [0.15, 0.2) is 5.82 Å². The molecule has 0 aromatic carbocycles. The SMILES string of the molecule is C=C(/C=C(\C)F)CC(=C)Nc1nnc(CCCCc2ccc(NC(=O)C/C(C)=C/C)nn2)s1. The van der Waals surface area contributed by atoms with Crippen LogP contribution in [0.1, 0.15) is 57.2 Å². The number of unbranched alkanes of at least 4 members (excludes halogenated alkanes) is 1. The highest BCUT2D eigenvalue weighted by atomic mass is 32.1. The van der Waals surface area contributed by atoms with Gasteiger partial charge in [0.05, 0.1) is 11.5 Å². The van der Waals surface area contributed by atoms with E-state index >= 15 is 0 Å². The summed E-state index contributed by atoms with van der Waals surface area (Å²) in [5, 5.41) is 24.1. The highest BCUT2D eigenvalue weighted by Crippen LogP contribution is 2.21. The number of halogens is 1. The average molecular weight is 471 g/mol. The molecule has 7 nitrogen and oxygen atoms in total. The number of hydrogen-bond donors (Lipinski definition) is 2. The van der Waals surface area contributed by atoms with Crippen LogP contribution in [-0.2, 0) is 17.6 Å². The topological polar surface area (TPSA) is 92.7 Å². The maximum Gasteiger partial charge on any atom is 0.229 e. The summed E-state index contributed by atoms with van der Waals surface area (Å²) in [5.74, 6) is 0.0798. The Balaban J connectivity index is 1.70. The van der Waals surface area contributed by atoms with Crippen molar-refractivity contribution in [2.75, 3.05) is 10.6 Å². The molecule has 2 N–H and O–H groups in total. The Hall–Kier alpha value is -3.20. The third kappa shape index (κ3) is 10.3. The summed E-state index contributed by atoms with van der Waals surface area (Å²) in [6.45, 7) is 12.9. The Bertz CT molecular complexity index is 1020. The number of allylic oxidation sites excluding steroid dienone is 4. The number of nitrogens with zero attached hydrogens (tertiary/aromatic N) is 4. The number of amides is 1. The number of anilines is 2. The minimum Gasteiger partial charge on any atom is -0.334 e. The predicted octanol–water partition coefficient (Wildman–Crippen LogP) is 5.93. The number of hydrogen-bond acceptors (Lipinski definition) is 7. The first-order valence-electron chi connectivity index (χ1n) is 10.8. The lowest BCUT2D eigenvalue weighted by Crippen LogP contribution is -2.13. The molecule has 2 rings (SSSR count). The van der Waals surface area contributed by atoms with Crippen molar-refractivity contribution < 1.29 is 9.18 Å². The first-order valence-corrected chi connectivity index (χ1v) is 11.6. The van der Waals surface area contributed by atoms with E-state index in [1.54, 1.807) is 6.07 Å². The van der Waals surface area contributed by atoms with E-state index < -0.39 is 0 Å². The lowest BCUT2D eigenvalue weighted by Gasteiger charge is -2.05. The van der Waals surface area contributed by atoms with Crippen molar-refractivity contribution in [2.45, 2.75) is 59.3 Å². The van der Waals surface area contributed by atoms with Crippen LogP contribution < -0.4 is 10.6 Å². The van der Waals surface area contributed by atoms with Gasteiger partial charge in [-0.2, -0.15) is 5.10 Å². The molecule has 0 aliphatic heterocycles. The Morgan fingerprint density at radius 1 is 1.06 bits per heavy atom. The number of aromatic nitrogens is 4. The molecule has 33 heavy (non-hydrogen) atoms. The molecular weight excluding hydrogens is 439 g/mol. The molecule has 0 aliphatic rings. The Morgan fingerprint density at radius 2 is 1.82 bits per heavy atom. The van der Waals surface area contributed by atoms with Gasteiger partial charge in [0.25, 0.3) is 0 Å². The lowest BCUT2D eigenvalue weighted by molar-refractivity contribution is -0.115. The summed E-state index contributed by atoms with van der Waals surface area (Å²) < 4.78 is 12.9. The molecule has 2 heterocycles. The molecule has 0 spiro atoms. The van der Waals surface area contributed by atoms with Gasteiger partial charge < -0.3 is 10.6 Å². The maximum atomic E-state index is 12.9. The number of rotatable bonds is 13. The van der Waals surface area contributed by atoms with E-state index in [2.05, 4.69) is 44.2 Å². The Labute approximate surface area is 198 Å². The minimum atomic E-state index is -0.283. The first-order chi connectivity index (χ1) is 15.7. The fraction of sp³-hybridized carbons (Fsp3) is 0.375. The van der Waals surface area contributed by atoms with Crippen LogP contribution in [0.15, 0.2) is 60.1 Å². The summed E-state index contributed by atoms with van der Waals surface area (Å²) in [4.78, 5) is 11.9. The summed E-state index contributed by atoms with van der Waals surface area (Å²) in [7, 11) is 0. The van der Waals surface area contributed by atoms with Gasteiger partial charge in [0.2, 0.25) is 11.0 Å². The fourth-order valence-corrected chi connectivity index (χ4v) is 3.72. The Kier molecular flexibility index (Phi) is 10.6. The van der Waals surface area contributed by atoms with Gasteiger partial charge in [-0.3, -0.25) is 4.79 Å². The van der Waals surface area contributed by atoms with Crippen LogP contribution in [-0.4, -0.2) is 26.3 Å². The summed E-state index contributed by atoms with van der Waals surface area (Å²) in [6, 6.07) is 3.66. The van der Waals surface area contributed by atoms with Crippen LogP contribution in [0.3, 0.4) is 0 Å². The van der Waals surface area contributed by atoms with Crippen molar-refractivity contribution in [3.8, 4) is 0 Å². The van der Waals surface area contributed by atoms with Gasteiger partial charge in [0.1, 0.15) is 5.01 Å². The summed E-state index contributed by atoms with van der Waals surface area (Å²) in [5.41, 5.74) is 3.22. The van der Waals surface area contributed by atoms with Crippen molar-refractivity contribution in [2.24, 2.45) is 0 Å². The van der Waals surface area contributed by atoms with E-state index in [1.807, 2.05) is 26.0 Å². The van der Waals surface area contributed by atoms with Crippen LogP contribution in [0.2, 0.25) is 0 Å². The monoisotopic (exact) mass is 470 g/mol. The average Bonchev–Trinajstić information content (AvgIpc) is 3.18. The van der Waals surface area contributed by atoms with Crippen LogP contribution in [0.4, 0.5) is 15.3 Å². The molecule has 1 amide bonds. The number of aryl methyl sites for hydroxylation is 2. The van der Waals surface area contributed by atoms with Crippen molar-refractivity contribution >= 4 is 28.2 Å². The molecule has 2 aromatic heterocycles. The molecule has 176 valence electrons. The summed E-state index contributed by atoms with van der Waals surface area (Å²) >= 11 is 1.48. The van der Waals surface area contributed by atoms with Crippen LogP contribution >= 0.6 is 11.3 Å². The Morgan fingerprint density at radius 3 is 2.48 bits per heavy atom. The molecule has 0 atom stereocenters. The van der Waals surface area contributed by atoms with Gasteiger partial charge in [-0.1, -0.05) is 36.1 Å². The molecule has 9 heteroatoms. The van der Waals surface area contributed by atoms with E-state index in [1.165, 1.54) is 24.3 Å². The van der Waals surface area contributed by atoms with Gasteiger partial charge >= 0.3 is 0 Å². The molecule has 2 aromatic rings. The standard InChI is InChI=1S/C24H31FN6OS/c1-6-16(2)15-22(32)27-21-12-11-20(28-29-21)9-7-8-10-23-30-31-24(33-23)26-19(5)14-17(3)13-18(4)25/h6,11-13H,3,5,7-10,14-15H2,1-2,4H3,(H,26,31)(H,27,29,32)/b16-6+,18-13+. The second kappa shape index (κ2) is 13.4. The highest BCUT2D eigenvalue weighted by Gasteiger charge is 2.07. The van der Waals surface area contributed by atoms with Gasteiger partial charge in [-0.05, 0) is 63.8 Å². The maximum absolute atomic E-state index is 12.9. The third-order valence-corrected chi connectivity index (χ3v) is 5.49. The van der Waals surface area contributed by atoms with E-state index in [0.717, 1.165) is 42.0 Å². The minimum absolute atomic E-state index is 0.0984. The normalized spacial score (nSPS) is 11.9. The molecule has 0 aliphatic carbocycles. The largest absolute Gasteiger partial charge is 0.334 e. The zero-order valence-electron chi connectivity index (χ0n) is 19.4. The van der Waals surface area contributed by atoms with Crippen molar-refractivity contribution in [1.29, 1.82) is 0 Å². The molecule has 0 fully saturated rings. The quantitative estimate of drug-likeness (QED) is 0.214. The first kappa shape index (κ1) is 26.1. The molecule has 0 unspecified atom stereocenters. The van der Waals surface area contributed by atoms with Crippen LogP contribution in [0.5, 0.6) is 0 Å². The molecule has 0 saturated heterocycles. The zero-order valence-corrected chi connectivity index (χ0v) is 20.3. The smallest absolute Gasteiger partial charge is 0.229 e. The number of nitrogens with one attached hydrogen (secondary N) is 2. The molecule has 0 bridgehead atoms. The van der Waals surface area contributed by atoms with Crippen LogP contribution in [0, 0.1) is 0 Å². The summed E-state index contributed by atoms with van der Waals surface area (Å²) in [6.07, 6.45) is 7.57. The fourth-order valence-electron chi connectivity index (χ4n) is 2.89. The van der Waals surface area contributed by atoms with E-state index in [-0.39, 0.29) is 11.7 Å². The van der Waals surface area contributed by atoms with Gasteiger partial charge in [-0.25, -0.2) is 4.39 Å². The second-order valence-electron chi connectivity index (χ2n) is 7.77. The van der Waals surface area contributed by atoms with Crippen molar-refractivity contribution in [3.05, 3.63) is 70.8 Å². The lowest BCUT2D eigenvalue weighted by atomic mass is 10.1. The molecule has 0 saturated carbocycles. The van der Waals surface area contributed by atoms with Gasteiger partial charge in [0, 0.05) is 25.0 Å². The zero-order chi connectivity index (χ0) is 24.2. The van der Waals surface area contributed by atoms with Crippen molar-refractivity contribution in [1.82, 2.24) is 20.4 Å². The van der Waals surface area contributed by atoms with E-state index in [4.69, 9.17) is 0 Å². The molecule has 0 radical (unpaired) electrons. The van der Waals surface area contributed by atoms with Crippen LogP contribution in [0.25, 0.3) is 0 Å². The van der Waals surface area contributed by atoms with Crippen molar-refractivity contribution in [3.63, 3.8) is 0 Å². The number of carbonyl (C=O) groups excluding carboxylic acids is 1. The predicted molar refractivity (Wildman–Crippen MR) is 133 cm³/mol. The number of carbonyl (C=O) groups is 1. The third-order valence-electron chi connectivity index (χ3n) is 4.59. The van der Waals surface area contributed by atoms with E-state index in [0.29, 0.717) is 35.1 Å². The van der Waals surface area contributed by atoms with E-state index in [9.17, 15) is 9.18 Å². The highest BCUT2D eigenvalue weighted by molar-refractivity contribution is 7.15.